The van der Waals surface area contributed by atoms with E-state index in [4.69, 9.17) is 15.2 Å². The Morgan fingerprint density at radius 2 is 1.94 bits per heavy atom. The van der Waals surface area contributed by atoms with Crippen LogP contribution in [0.1, 0.15) is 36.5 Å². The van der Waals surface area contributed by atoms with Crippen molar-refractivity contribution >= 4 is 27.5 Å². The molecule has 0 bridgehead atoms. The number of nitrogens with one attached hydrogen (secondary N) is 1. The molecule has 1 aliphatic rings. The molecule has 2 aromatic rings. The predicted molar refractivity (Wildman–Crippen MR) is 123 cm³/mol. The molecule has 1 fully saturated rings. The first-order chi connectivity index (χ1) is 14.8. The molecule has 1 saturated heterocycles. The van der Waals surface area contributed by atoms with E-state index in [0.717, 1.165) is 38.9 Å². The van der Waals surface area contributed by atoms with E-state index >= 15 is 0 Å². The van der Waals surface area contributed by atoms with Gasteiger partial charge in [-0.05, 0) is 72.4 Å². The smallest absolute Gasteiger partial charge is 0.255 e. The van der Waals surface area contributed by atoms with Crippen LogP contribution in [0.3, 0.4) is 0 Å². The number of nitrogens with zero attached hydrogens (tertiary/aromatic N) is 1. The number of carbonyl (C=O) groups is 1. The second kappa shape index (κ2) is 10.3. The van der Waals surface area contributed by atoms with Crippen molar-refractivity contribution in [3.05, 3.63) is 52.3 Å². The standard InChI is InChI=1S/C23H29BrFN3O3/c1-23(27-22(29)18-14-19(24)20(26)15-21(18)30-2)8-11-28(12-9-23)10-3-13-31-17-6-4-16(25)5-7-17/h4-7,14-15H,3,8-13,26H2,1-2H3,(H,27,29)/i24-3. The van der Waals surface area contributed by atoms with Crippen LogP contribution in [0.4, 0.5) is 10.1 Å². The molecule has 168 valence electrons. The van der Waals surface area contributed by atoms with Gasteiger partial charge in [0.1, 0.15) is 17.3 Å². The number of anilines is 1. The number of benzene rings is 2. The van der Waals surface area contributed by atoms with Crippen molar-refractivity contribution in [2.24, 2.45) is 0 Å². The third-order valence-electron chi connectivity index (χ3n) is 5.64. The first-order valence-electron chi connectivity index (χ1n) is 10.4. The molecule has 0 aromatic heterocycles. The summed E-state index contributed by atoms with van der Waals surface area (Å²) < 4.78 is 24.6. The summed E-state index contributed by atoms with van der Waals surface area (Å²) in [6, 6.07) is 9.42. The van der Waals surface area contributed by atoms with Gasteiger partial charge in [-0.15, -0.1) is 0 Å². The highest BCUT2D eigenvalue weighted by Gasteiger charge is 2.32. The quantitative estimate of drug-likeness (QED) is 0.427. The number of amides is 1. The van der Waals surface area contributed by atoms with E-state index in [9.17, 15) is 9.18 Å². The number of halogens is 2. The highest BCUT2D eigenvalue weighted by Crippen LogP contribution is 2.30. The lowest BCUT2D eigenvalue weighted by Crippen LogP contribution is -2.53. The van der Waals surface area contributed by atoms with Crippen LogP contribution in [0.25, 0.3) is 0 Å². The molecular formula is C23H29BrFN3O3. The molecular weight excluding hydrogens is 462 g/mol. The third kappa shape index (κ3) is 6.33. The van der Waals surface area contributed by atoms with Crippen molar-refractivity contribution < 1.29 is 18.7 Å². The molecule has 31 heavy (non-hydrogen) atoms. The number of hydrogen-bond donors (Lipinski definition) is 2. The molecule has 8 heteroatoms. The summed E-state index contributed by atoms with van der Waals surface area (Å²) in [7, 11) is 1.53. The zero-order valence-electron chi connectivity index (χ0n) is 17.9. The van der Waals surface area contributed by atoms with Crippen molar-refractivity contribution in [2.45, 2.75) is 31.7 Å². The van der Waals surface area contributed by atoms with Gasteiger partial charge < -0.3 is 25.4 Å². The first kappa shape index (κ1) is 23.3. The number of hydrogen-bond acceptors (Lipinski definition) is 5. The van der Waals surface area contributed by atoms with Crippen LogP contribution in [0, 0.1) is 5.82 Å². The van der Waals surface area contributed by atoms with Crippen LogP contribution in [0.5, 0.6) is 11.5 Å². The van der Waals surface area contributed by atoms with Crippen molar-refractivity contribution in [1.82, 2.24) is 10.2 Å². The number of nitrogen functional groups attached to an aromatic ring is 1. The Hall–Kier alpha value is -2.32. The Morgan fingerprint density at radius 1 is 1.26 bits per heavy atom. The van der Waals surface area contributed by atoms with Crippen molar-refractivity contribution in [1.29, 1.82) is 0 Å². The maximum Gasteiger partial charge on any atom is 0.255 e. The lowest BCUT2D eigenvalue weighted by atomic mass is 9.89. The van der Waals surface area contributed by atoms with Gasteiger partial charge in [0.15, 0.2) is 0 Å². The van der Waals surface area contributed by atoms with Crippen molar-refractivity contribution in [3.63, 3.8) is 0 Å². The average molecular weight is 491 g/mol. The van der Waals surface area contributed by atoms with Gasteiger partial charge in [-0.3, -0.25) is 4.79 Å². The molecule has 1 heterocycles. The Morgan fingerprint density at radius 3 is 2.58 bits per heavy atom. The van der Waals surface area contributed by atoms with Gasteiger partial charge in [0.25, 0.3) is 5.91 Å². The molecule has 1 amide bonds. The van der Waals surface area contributed by atoms with E-state index in [1.54, 1.807) is 24.3 Å². The average Bonchev–Trinajstić information content (AvgIpc) is 2.75. The maximum absolute atomic E-state index is 12.9. The van der Waals surface area contributed by atoms with E-state index in [1.165, 1.54) is 19.2 Å². The van der Waals surface area contributed by atoms with E-state index in [0.29, 0.717) is 33.8 Å². The molecule has 0 aliphatic carbocycles. The maximum atomic E-state index is 12.9. The number of methoxy groups -OCH3 is 1. The van der Waals surface area contributed by atoms with Crippen LogP contribution >= 0.6 is 15.9 Å². The lowest BCUT2D eigenvalue weighted by molar-refractivity contribution is 0.0827. The molecule has 6 nitrogen and oxygen atoms in total. The van der Waals surface area contributed by atoms with Crippen LogP contribution in [0.2, 0.25) is 0 Å². The lowest BCUT2D eigenvalue weighted by Gasteiger charge is -2.40. The number of piperidine rings is 1. The molecule has 0 unspecified atom stereocenters. The summed E-state index contributed by atoms with van der Waals surface area (Å²) in [4.78, 5) is 15.3. The first-order valence-corrected chi connectivity index (χ1v) is 11.2. The van der Waals surface area contributed by atoms with E-state index in [1.807, 2.05) is 0 Å². The largest absolute Gasteiger partial charge is 0.496 e. The highest BCUT2D eigenvalue weighted by molar-refractivity contribution is 9.10. The zero-order chi connectivity index (χ0) is 22.4. The molecule has 0 radical (unpaired) electrons. The second-order valence-electron chi connectivity index (χ2n) is 8.09. The van der Waals surface area contributed by atoms with Gasteiger partial charge in [-0.2, -0.15) is 0 Å². The summed E-state index contributed by atoms with van der Waals surface area (Å²) in [5.74, 6) is 0.708. The van der Waals surface area contributed by atoms with Gasteiger partial charge in [0.2, 0.25) is 0 Å². The number of rotatable bonds is 8. The number of carbonyl (C=O) groups excluding carboxylic acids is 1. The van der Waals surface area contributed by atoms with Gasteiger partial charge in [0, 0.05) is 41.4 Å². The molecule has 0 atom stereocenters. The molecule has 3 rings (SSSR count). The van der Waals surface area contributed by atoms with E-state index < -0.39 is 0 Å². The Kier molecular flexibility index (Phi) is 7.78. The van der Waals surface area contributed by atoms with Gasteiger partial charge in [-0.25, -0.2) is 4.39 Å². The van der Waals surface area contributed by atoms with Gasteiger partial charge in [-0.1, -0.05) is 0 Å². The van der Waals surface area contributed by atoms with Crippen molar-refractivity contribution in [2.75, 3.05) is 39.1 Å². The Labute approximate surface area is 191 Å². The molecule has 0 spiro atoms. The number of likely N-dealkylation sites (tertiary alicyclic amines) is 1. The molecule has 3 N–H and O–H groups in total. The number of ether oxygens (including phenoxy) is 2. The number of nitrogens with two attached hydrogens (primary N) is 1. The van der Waals surface area contributed by atoms with Gasteiger partial charge >= 0.3 is 0 Å². The zero-order valence-corrected chi connectivity index (χ0v) is 19.5. The minimum Gasteiger partial charge on any atom is -0.496 e. The van der Waals surface area contributed by atoms with E-state index in [-0.39, 0.29) is 17.3 Å². The van der Waals surface area contributed by atoms with Crippen LogP contribution in [0.15, 0.2) is 40.9 Å². The Balaban J connectivity index is 1.45. The van der Waals surface area contributed by atoms with Crippen molar-refractivity contribution in [3.8, 4) is 11.5 Å². The fourth-order valence-corrected chi connectivity index (χ4v) is 4.00. The normalized spacial score (nSPS) is 16.0. The van der Waals surface area contributed by atoms with Gasteiger partial charge in [0.05, 0.1) is 19.3 Å². The molecule has 1 aliphatic heterocycles. The minimum atomic E-state index is -0.281. The molecule has 0 saturated carbocycles. The second-order valence-corrected chi connectivity index (χ2v) is 8.94. The highest BCUT2D eigenvalue weighted by atomic mass is 76.9. The van der Waals surface area contributed by atoms with E-state index in [2.05, 4.69) is 33.1 Å². The Bertz CT molecular complexity index is 900. The predicted octanol–water partition coefficient (Wildman–Crippen LogP) is 4.23. The minimum absolute atomic E-state index is 0.166. The van der Waals surface area contributed by atoms with Crippen LogP contribution in [-0.2, 0) is 0 Å². The van der Waals surface area contributed by atoms with Crippen LogP contribution in [-0.4, -0.2) is 49.7 Å². The fourth-order valence-electron chi connectivity index (χ4n) is 3.66. The topological polar surface area (TPSA) is 76.8 Å². The molecule has 2 aromatic carbocycles. The summed E-state index contributed by atoms with van der Waals surface area (Å²) in [6.45, 7) is 5.39. The SMILES string of the molecule is COc1cc(N)c([77Br])cc1C(=O)NC1(C)CCN(CCCOc2ccc(F)cc2)CC1. The summed E-state index contributed by atoms with van der Waals surface area (Å²) in [6.07, 6.45) is 2.60. The summed E-state index contributed by atoms with van der Waals surface area (Å²) >= 11 is 3.38. The summed E-state index contributed by atoms with van der Waals surface area (Å²) in [5, 5.41) is 3.18. The fraction of sp³-hybridized carbons (Fsp3) is 0.435. The van der Waals surface area contributed by atoms with Crippen LogP contribution < -0.4 is 20.5 Å². The third-order valence-corrected chi connectivity index (χ3v) is 6.33. The summed E-state index contributed by atoms with van der Waals surface area (Å²) in [5.41, 5.74) is 6.60. The monoisotopic (exact) mass is 491 g/mol.